The van der Waals surface area contributed by atoms with Crippen LogP contribution in [0.2, 0.25) is 0 Å². The Hall–Kier alpha value is -6.02. The second kappa shape index (κ2) is 17.0. The number of aromatic nitrogens is 1. The summed E-state index contributed by atoms with van der Waals surface area (Å²) in [5.41, 5.74) is 10.0. The van der Waals surface area contributed by atoms with Gasteiger partial charge in [-0.2, -0.15) is 0 Å². The van der Waals surface area contributed by atoms with Gasteiger partial charge in [-0.15, -0.1) is 0 Å². The average molecular weight is 777 g/mol. The number of likely N-dealkylation sites (N-methyl/N-ethyl adjacent to an activating group) is 1. The van der Waals surface area contributed by atoms with Crippen LogP contribution in [-0.2, 0) is 0 Å². The molecule has 4 aromatic rings. The van der Waals surface area contributed by atoms with Crippen molar-refractivity contribution in [2.24, 2.45) is 5.73 Å². The molecule has 1 aromatic heterocycles. The van der Waals surface area contributed by atoms with Gasteiger partial charge in [0.15, 0.2) is 11.5 Å². The number of benzene rings is 3. The normalized spacial score (nSPS) is 19.7. The average Bonchev–Trinajstić information content (AvgIpc) is 3.49. The maximum absolute atomic E-state index is 13.6. The Bertz CT molecular complexity index is 2050. The van der Waals surface area contributed by atoms with E-state index in [1.54, 1.807) is 36.5 Å². The van der Waals surface area contributed by atoms with Gasteiger partial charge in [0.1, 0.15) is 5.82 Å². The first-order valence-corrected chi connectivity index (χ1v) is 19.5. The van der Waals surface area contributed by atoms with E-state index in [1.807, 2.05) is 19.1 Å². The lowest BCUT2D eigenvalue weighted by Crippen LogP contribution is -2.50. The van der Waals surface area contributed by atoms with Gasteiger partial charge in [-0.05, 0) is 87.7 Å². The van der Waals surface area contributed by atoms with Gasteiger partial charge >= 0.3 is 0 Å². The minimum Gasteiger partial charge on any atom is -0.493 e. The minimum absolute atomic E-state index is 0.0456. The fourth-order valence-corrected chi connectivity index (χ4v) is 8.33. The van der Waals surface area contributed by atoms with Gasteiger partial charge in [0.2, 0.25) is 5.75 Å². The molecule has 14 nitrogen and oxygen atoms in total. The van der Waals surface area contributed by atoms with Crippen LogP contribution in [0.3, 0.4) is 0 Å². The number of nitrogens with one attached hydrogen (secondary N) is 3. The summed E-state index contributed by atoms with van der Waals surface area (Å²) < 4.78 is 16.4. The fraction of sp³-hybridized carbons (Fsp3) is 0.395. The lowest BCUT2D eigenvalue weighted by Gasteiger charge is -2.40. The Kier molecular flexibility index (Phi) is 11.7. The van der Waals surface area contributed by atoms with Crippen molar-refractivity contribution in [1.29, 1.82) is 0 Å². The molecular weight excluding hydrogens is 725 g/mol. The van der Waals surface area contributed by atoms with Gasteiger partial charge in [-0.3, -0.25) is 14.4 Å². The smallest absolute Gasteiger partial charge is 0.253 e. The monoisotopic (exact) mass is 776 g/mol. The number of carbonyl (C=O) groups excluding carboxylic acids is 3. The second-order valence-electron chi connectivity index (χ2n) is 15.1. The number of piperazine rings is 1. The van der Waals surface area contributed by atoms with Gasteiger partial charge < -0.3 is 50.6 Å². The molecule has 3 aromatic carbocycles. The number of piperidine rings is 1. The molecule has 4 atom stereocenters. The number of carbonyl (C=O) groups is 3. The van der Waals surface area contributed by atoms with Crippen LogP contribution < -0.4 is 45.7 Å². The van der Waals surface area contributed by atoms with Gasteiger partial charge in [0.05, 0.1) is 44.2 Å². The Morgan fingerprint density at radius 2 is 1.46 bits per heavy atom. The number of pyridine rings is 1. The molecule has 0 aliphatic carbocycles. The number of hydrogen-bond acceptors (Lipinski definition) is 11. The molecule has 4 heterocycles. The first kappa shape index (κ1) is 39.2. The van der Waals surface area contributed by atoms with Crippen LogP contribution in [-0.4, -0.2) is 100 Å². The molecule has 0 spiro atoms. The molecule has 57 heavy (non-hydrogen) atoms. The molecule has 3 fully saturated rings. The number of primary amides is 1. The Labute approximate surface area is 333 Å². The summed E-state index contributed by atoms with van der Waals surface area (Å²) in [5.74, 6) is 1.06. The van der Waals surface area contributed by atoms with Crippen molar-refractivity contribution in [3.8, 4) is 17.2 Å². The molecule has 0 radical (unpaired) electrons. The van der Waals surface area contributed by atoms with Crippen LogP contribution in [0.25, 0.3) is 0 Å². The van der Waals surface area contributed by atoms with E-state index in [-0.39, 0.29) is 41.5 Å². The van der Waals surface area contributed by atoms with Crippen LogP contribution in [0.15, 0.2) is 72.9 Å². The number of methoxy groups -OCH3 is 3. The van der Waals surface area contributed by atoms with Crippen molar-refractivity contribution in [1.82, 2.24) is 20.5 Å². The lowest BCUT2D eigenvalue weighted by molar-refractivity contribution is 0.0922. The van der Waals surface area contributed by atoms with E-state index in [0.29, 0.717) is 39.8 Å². The van der Waals surface area contributed by atoms with Crippen LogP contribution in [0, 0.1) is 0 Å². The maximum Gasteiger partial charge on any atom is 0.253 e. The van der Waals surface area contributed by atoms with Crippen LogP contribution in [0.1, 0.15) is 75.3 Å². The summed E-state index contributed by atoms with van der Waals surface area (Å²) in [6, 6.07) is 20.6. The zero-order valence-corrected chi connectivity index (χ0v) is 33.2. The van der Waals surface area contributed by atoms with Gasteiger partial charge in [0, 0.05) is 79.6 Å². The van der Waals surface area contributed by atoms with E-state index in [4.69, 9.17) is 24.9 Å². The zero-order valence-electron chi connectivity index (χ0n) is 33.2. The molecule has 0 unspecified atom stereocenters. The summed E-state index contributed by atoms with van der Waals surface area (Å²) in [4.78, 5) is 51.1. The van der Waals surface area contributed by atoms with Gasteiger partial charge in [-0.1, -0.05) is 12.1 Å². The predicted molar refractivity (Wildman–Crippen MR) is 220 cm³/mol. The third-order valence-electron chi connectivity index (χ3n) is 11.4. The minimum atomic E-state index is -0.639. The van der Waals surface area contributed by atoms with E-state index in [9.17, 15) is 14.4 Å². The Morgan fingerprint density at radius 1 is 0.807 bits per heavy atom. The van der Waals surface area contributed by atoms with Crippen molar-refractivity contribution >= 4 is 40.6 Å². The zero-order chi connectivity index (χ0) is 40.2. The molecule has 2 bridgehead atoms. The summed E-state index contributed by atoms with van der Waals surface area (Å²) in [7, 11) is 6.70. The highest BCUT2D eigenvalue weighted by Crippen LogP contribution is 2.41. The summed E-state index contributed by atoms with van der Waals surface area (Å²) in [6.07, 6.45) is 5.14. The first-order valence-electron chi connectivity index (χ1n) is 19.5. The second-order valence-corrected chi connectivity index (χ2v) is 15.1. The van der Waals surface area contributed by atoms with Crippen molar-refractivity contribution < 1.29 is 28.6 Å². The van der Waals surface area contributed by atoms with E-state index in [2.05, 4.69) is 62.0 Å². The number of anilines is 4. The van der Waals surface area contributed by atoms with Gasteiger partial charge in [0.25, 0.3) is 17.7 Å². The Morgan fingerprint density at radius 3 is 2.04 bits per heavy atom. The fourth-order valence-electron chi connectivity index (χ4n) is 8.33. The molecule has 3 aliphatic heterocycles. The number of fused-ring (bicyclic) bond motifs is 2. The quantitative estimate of drug-likeness (QED) is 0.143. The molecule has 3 saturated heterocycles. The number of amides is 3. The van der Waals surface area contributed by atoms with E-state index < -0.39 is 5.91 Å². The first-order chi connectivity index (χ1) is 27.5. The van der Waals surface area contributed by atoms with Gasteiger partial charge in [-0.25, -0.2) is 4.98 Å². The maximum atomic E-state index is 13.6. The summed E-state index contributed by atoms with van der Waals surface area (Å²) >= 11 is 0. The van der Waals surface area contributed by atoms with E-state index >= 15 is 0 Å². The molecule has 5 N–H and O–H groups in total. The van der Waals surface area contributed by atoms with Crippen molar-refractivity contribution in [2.45, 2.75) is 56.8 Å². The van der Waals surface area contributed by atoms with Crippen molar-refractivity contribution in [3.63, 3.8) is 0 Å². The molecule has 3 aliphatic rings. The Balaban J connectivity index is 0.960. The molecule has 300 valence electrons. The van der Waals surface area contributed by atoms with Crippen LogP contribution >= 0.6 is 0 Å². The molecule has 3 amide bonds. The number of nitrogens with zero attached hydrogens (tertiary/aromatic N) is 4. The highest BCUT2D eigenvalue weighted by Gasteiger charge is 2.42. The molecule has 14 heteroatoms. The number of hydrogen-bond donors (Lipinski definition) is 4. The SMILES string of the molecule is COc1cc(Nc2cc(C(=O)N[C@H]3C[C@H]4CC[C@@H](C3)N4c3ccc(C(=O)N[C@@H](C)c4ccc(N5CCN(C)CC5)cc4)cn3)ccc2C(N)=O)cc(OC)c1OC. The standard InChI is InChI=1S/C43H52N8O6/c1-26(27-6-10-32(11-7-27)50-18-16-49(2)17-19-50)46-43(54)29-9-15-39(45-25-29)51-33-12-13-34(51)22-30(21-33)48-42(53)28-8-14-35(41(44)52)36(20-28)47-31-23-37(55-3)40(57-5)38(24-31)56-4/h6-11,14-15,20,23-26,30,33-34,47H,12-13,16-19,21-22H2,1-5H3,(H2,44,52)(H,46,54)(H,48,53)/t26-,30-,33+,34-/m0/s1. The van der Waals surface area contributed by atoms with Crippen molar-refractivity contribution in [2.75, 3.05) is 69.7 Å². The number of ether oxygens (including phenoxy) is 3. The summed E-state index contributed by atoms with van der Waals surface area (Å²) in [5, 5.41) is 9.56. The number of nitrogens with two attached hydrogens (primary N) is 1. The lowest BCUT2D eigenvalue weighted by atomic mass is 9.96. The van der Waals surface area contributed by atoms with E-state index in [1.165, 1.54) is 27.0 Å². The van der Waals surface area contributed by atoms with Crippen molar-refractivity contribution in [3.05, 3.63) is 95.2 Å². The molecule has 0 saturated carbocycles. The summed E-state index contributed by atoms with van der Waals surface area (Å²) in [6.45, 7) is 6.12. The topological polar surface area (TPSA) is 164 Å². The third-order valence-corrected chi connectivity index (χ3v) is 11.4. The predicted octanol–water partition coefficient (Wildman–Crippen LogP) is 5.12. The molecule has 7 rings (SSSR count). The van der Waals surface area contributed by atoms with Crippen LogP contribution in [0.4, 0.5) is 22.9 Å². The largest absolute Gasteiger partial charge is 0.493 e. The highest BCUT2D eigenvalue weighted by atomic mass is 16.5. The highest BCUT2D eigenvalue weighted by molar-refractivity contribution is 6.03. The molecular formula is C43H52N8O6. The van der Waals surface area contributed by atoms with Crippen LogP contribution in [0.5, 0.6) is 17.2 Å². The third kappa shape index (κ3) is 8.55. The number of rotatable bonds is 13. The van der Waals surface area contributed by atoms with E-state index in [0.717, 1.165) is 63.2 Å².